The zero-order chi connectivity index (χ0) is 21.3. The van der Waals surface area contributed by atoms with E-state index in [1.165, 1.54) is 57.8 Å². The molecular formula is C27H45NO2. The molecule has 1 N–H and O–H groups in total. The average molecular weight is 416 g/mol. The first-order chi connectivity index (χ1) is 14.3. The molecule has 0 bridgehead atoms. The maximum atomic E-state index is 9.43. The van der Waals surface area contributed by atoms with Gasteiger partial charge in [-0.2, -0.15) is 0 Å². The number of rotatable bonds is 5. The normalized spacial score (nSPS) is 51.8. The highest BCUT2D eigenvalue weighted by atomic mass is 16.6. The summed E-state index contributed by atoms with van der Waals surface area (Å²) in [5.41, 5.74) is 1.81. The Morgan fingerprint density at radius 2 is 1.83 bits per heavy atom. The summed E-state index contributed by atoms with van der Waals surface area (Å²) in [6.07, 6.45) is 14.1. The summed E-state index contributed by atoms with van der Waals surface area (Å²) >= 11 is 0. The molecule has 10 atom stereocenters. The molecule has 0 aromatic carbocycles. The monoisotopic (exact) mass is 415 g/mol. The van der Waals surface area contributed by atoms with Crippen molar-refractivity contribution in [2.75, 3.05) is 0 Å². The summed E-state index contributed by atoms with van der Waals surface area (Å²) in [4.78, 5) is 0. The van der Waals surface area contributed by atoms with E-state index < -0.39 is 0 Å². The summed E-state index contributed by atoms with van der Waals surface area (Å²) in [6, 6.07) is 0. The zero-order valence-electron chi connectivity index (χ0n) is 20.1. The van der Waals surface area contributed by atoms with Crippen molar-refractivity contribution in [1.82, 2.24) is 0 Å². The highest BCUT2D eigenvalue weighted by Crippen LogP contribution is 2.70. The predicted molar refractivity (Wildman–Crippen MR) is 122 cm³/mol. The molecule has 4 aliphatic carbocycles. The Morgan fingerprint density at radius 3 is 2.57 bits per heavy atom. The predicted octanol–water partition coefficient (Wildman–Crippen LogP) is 6.93. The standard InChI is InChI=1S/C27H45NO2/c1-16(2)7-6-8-17(3)20-11-12-21-19-10-9-18-15-23(28-29)24-25(30-24)27(18,5)22(19)13-14-26(20,21)4/h16-22,24-25,29H,6-15H2,1-5H3/b28-23+. The van der Waals surface area contributed by atoms with Crippen molar-refractivity contribution in [3.05, 3.63) is 0 Å². The lowest BCUT2D eigenvalue weighted by Crippen LogP contribution is -2.56. The van der Waals surface area contributed by atoms with Gasteiger partial charge < -0.3 is 9.94 Å². The van der Waals surface area contributed by atoms with E-state index in [0.29, 0.717) is 22.9 Å². The molecule has 1 aliphatic heterocycles. The minimum atomic E-state index is 0.126. The van der Waals surface area contributed by atoms with Crippen molar-refractivity contribution in [1.29, 1.82) is 0 Å². The zero-order valence-corrected chi connectivity index (χ0v) is 20.1. The molecule has 0 amide bonds. The number of epoxide rings is 1. The largest absolute Gasteiger partial charge is 0.411 e. The molecule has 1 saturated heterocycles. The van der Waals surface area contributed by atoms with E-state index in [1.54, 1.807) is 0 Å². The third kappa shape index (κ3) is 3.04. The highest BCUT2D eigenvalue weighted by molar-refractivity contribution is 5.92. The van der Waals surface area contributed by atoms with E-state index in [9.17, 15) is 5.21 Å². The molecule has 10 unspecified atom stereocenters. The second-order valence-corrected chi connectivity index (χ2v) is 12.8. The van der Waals surface area contributed by atoms with E-state index in [-0.39, 0.29) is 6.10 Å². The number of fused-ring (bicyclic) bond motifs is 7. The van der Waals surface area contributed by atoms with Gasteiger partial charge in [-0.25, -0.2) is 0 Å². The number of oxime groups is 1. The molecule has 5 rings (SSSR count). The van der Waals surface area contributed by atoms with Crippen LogP contribution in [0.2, 0.25) is 0 Å². The molecule has 4 saturated carbocycles. The van der Waals surface area contributed by atoms with Crippen LogP contribution in [0.4, 0.5) is 0 Å². The lowest BCUT2D eigenvalue weighted by Gasteiger charge is -2.60. The van der Waals surface area contributed by atoms with E-state index in [4.69, 9.17) is 4.74 Å². The first kappa shape index (κ1) is 21.3. The minimum Gasteiger partial charge on any atom is -0.411 e. The van der Waals surface area contributed by atoms with Crippen LogP contribution < -0.4 is 0 Å². The Bertz CT molecular complexity index is 688. The van der Waals surface area contributed by atoms with Gasteiger partial charge in [-0.1, -0.05) is 59.0 Å². The molecule has 0 radical (unpaired) electrons. The van der Waals surface area contributed by atoms with E-state index in [0.717, 1.165) is 47.6 Å². The van der Waals surface area contributed by atoms with Crippen LogP contribution in [-0.4, -0.2) is 23.1 Å². The second-order valence-electron chi connectivity index (χ2n) is 12.8. The van der Waals surface area contributed by atoms with Gasteiger partial charge in [-0.05, 0) is 91.8 Å². The van der Waals surface area contributed by atoms with Gasteiger partial charge in [0.2, 0.25) is 0 Å². The van der Waals surface area contributed by atoms with Crippen molar-refractivity contribution in [2.24, 2.45) is 57.4 Å². The van der Waals surface area contributed by atoms with Crippen LogP contribution in [0.15, 0.2) is 5.16 Å². The van der Waals surface area contributed by atoms with Crippen molar-refractivity contribution < 1.29 is 9.94 Å². The summed E-state index contributed by atoms with van der Waals surface area (Å²) in [5, 5.41) is 13.0. The van der Waals surface area contributed by atoms with E-state index in [2.05, 4.69) is 39.8 Å². The molecule has 0 aromatic heterocycles. The number of hydrogen-bond acceptors (Lipinski definition) is 3. The molecule has 170 valence electrons. The Hall–Kier alpha value is -0.570. The molecule has 1 heterocycles. The third-order valence-electron chi connectivity index (χ3n) is 11.2. The van der Waals surface area contributed by atoms with Crippen LogP contribution in [0, 0.1) is 52.3 Å². The Morgan fingerprint density at radius 1 is 1.03 bits per heavy atom. The van der Waals surface area contributed by atoms with E-state index >= 15 is 0 Å². The molecule has 3 nitrogen and oxygen atoms in total. The van der Waals surface area contributed by atoms with Crippen LogP contribution in [0.1, 0.15) is 98.8 Å². The molecule has 30 heavy (non-hydrogen) atoms. The van der Waals surface area contributed by atoms with Gasteiger partial charge in [-0.15, -0.1) is 0 Å². The van der Waals surface area contributed by atoms with Crippen molar-refractivity contribution in [2.45, 2.75) is 111 Å². The summed E-state index contributed by atoms with van der Waals surface area (Å²) < 4.78 is 6.17. The average Bonchev–Trinajstić information content (AvgIpc) is 3.43. The topological polar surface area (TPSA) is 45.1 Å². The van der Waals surface area contributed by atoms with Gasteiger partial charge in [0.1, 0.15) is 6.10 Å². The Labute approximate surface area is 184 Å². The van der Waals surface area contributed by atoms with Crippen LogP contribution in [0.3, 0.4) is 0 Å². The van der Waals surface area contributed by atoms with Gasteiger partial charge in [0.15, 0.2) is 0 Å². The molecule has 0 aromatic rings. The van der Waals surface area contributed by atoms with Crippen LogP contribution in [0.25, 0.3) is 0 Å². The van der Waals surface area contributed by atoms with Crippen molar-refractivity contribution >= 4 is 5.71 Å². The summed E-state index contributed by atoms with van der Waals surface area (Å²) in [6.45, 7) is 12.5. The fourth-order valence-electron chi connectivity index (χ4n) is 9.56. The number of ether oxygens (including phenoxy) is 1. The van der Waals surface area contributed by atoms with Gasteiger partial charge in [0.05, 0.1) is 11.8 Å². The first-order valence-corrected chi connectivity index (χ1v) is 13.2. The first-order valence-electron chi connectivity index (χ1n) is 13.2. The molecule has 5 fully saturated rings. The quantitative estimate of drug-likeness (QED) is 0.301. The van der Waals surface area contributed by atoms with Gasteiger partial charge >= 0.3 is 0 Å². The van der Waals surface area contributed by atoms with Crippen LogP contribution in [-0.2, 0) is 4.74 Å². The highest BCUT2D eigenvalue weighted by Gasteiger charge is 2.69. The third-order valence-corrected chi connectivity index (χ3v) is 11.2. The summed E-state index contributed by atoms with van der Waals surface area (Å²) in [5.74, 6) is 5.97. The number of hydrogen-bond donors (Lipinski definition) is 1. The van der Waals surface area contributed by atoms with Crippen LogP contribution in [0.5, 0.6) is 0 Å². The fourth-order valence-corrected chi connectivity index (χ4v) is 9.56. The smallest absolute Gasteiger partial charge is 0.126 e. The van der Waals surface area contributed by atoms with Crippen molar-refractivity contribution in [3.8, 4) is 0 Å². The van der Waals surface area contributed by atoms with Gasteiger partial charge in [0.25, 0.3) is 0 Å². The molecule has 5 aliphatic rings. The van der Waals surface area contributed by atoms with Gasteiger partial charge in [-0.3, -0.25) is 0 Å². The van der Waals surface area contributed by atoms with Crippen molar-refractivity contribution in [3.63, 3.8) is 0 Å². The lowest BCUT2D eigenvalue weighted by atomic mass is 9.44. The Kier molecular flexibility index (Phi) is 5.32. The fraction of sp³-hybridized carbons (Fsp3) is 0.963. The van der Waals surface area contributed by atoms with Crippen LogP contribution >= 0.6 is 0 Å². The molecular weight excluding hydrogens is 370 g/mol. The lowest BCUT2D eigenvalue weighted by molar-refractivity contribution is -0.109. The van der Waals surface area contributed by atoms with E-state index in [1.807, 2.05) is 0 Å². The maximum Gasteiger partial charge on any atom is 0.126 e. The SMILES string of the molecule is CC(C)CCCC(C)C1CCC2C3CCC4C/C(=N\O)C5OC5C4(C)C3CCC12C. The van der Waals surface area contributed by atoms with Gasteiger partial charge in [0, 0.05) is 5.41 Å². The molecule has 0 spiro atoms. The minimum absolute atomic E-state index is 0.126. The number of nitrogens with zero attached hydrogens (tertiary/aromatic N) is 1. The Balaban J connectivity index is 1.32. The second kappa shape index (κ2) is 7.49. The summed E-state index contributed by atoms with van der Waals surface area (Å²) in [7, 11) is 0. The maximum absolute atomic E-state index is 9.43. The molecule has 3 heteroatoms.